The minimum atomic E-state index is -1.30. The summed E-state index contributed by atoms with van der Waals surface area (Å²) in [4.78, 5) is 12.2. The van der Waals surface area contributed by atoms with Gasteiger partial charge in [-0.15, -0.1) is 0 Å². The molecule has 3 rings (SSSR count). The van der Waals surface area contributed by atoms with Gasteiger partial charge in [-0.3, -0.25) is 4.79 Å². The number of aliphatic hydroxyl groups excluding tert-OH is 2. The smallest absolute Gasteiger partial charge is 0.312 e. The Morgan fingerprint density at radius 1 is 1.40 bits per heavy atom. The van der Waals surface area contributed by atoms with E-state index >= 15 is 0 Å². The molecule has 2 aliphatic carbocycles. The molecule has 2 saturated carbocycles. The standard InChI is InChI=1S/C15H24O5/c1-7(2)15(19)10-9-5-4-8(6-16)14(9,3)11(17)12(15)20-13(10)18/h7-12,16-17,19H,4-6H2,1-3H3/t8-,9-,10-,11+,12-,14-,15+/m0/s1. The van der Waals surface area contributed by atoms with Gasteiger partial charge < -0.3 is 20.1 Å². The number of aliphatic hydroxyl groups is 3. The molecule has 3 fully saturated rings. The van der Waals surface area contributed by atoms with Crippen LogP contribution >= 0.6 is 0 Å². The molecule has 1 heterocycles. The molecule has 5 heteroatoms. The zero-order valence-corrected chi connectivity index (χ0v) is 12.2. The molecule has 0 aromatic carbocycles. The Bertz CT molecular complexity index is 436. The van der Waals surface area contributed by atoms with Crippen LogP contribution < -0.4 is 0 Å². The normalized spacial score (nSPS) is 54.1. The van der Waals surface area contributed by atoms with Crippen molar-refractivity contribution in [3.8, 4) is 0 Å². The summed E-state index contributed by atoms with van der Waals surface area (Å²) in [7, 11) is 0. The maximum Gasteiger partial charge on any atom is 0.312 e. The number of fused-ring (bicyclic) bond motifs is 4. The van der Waals surface area contributed by atoms with Gasteiger partial charge in [0.1, 0.15) is 5.60 Å². The average molecular weight is 284 g/mol. The number of rotatable bonds is 2. The summed E-state index contributed by atoms with van der Waals surface area (Å²) in [6, 6.07) is 0. The van der Waals surface area contributed by atoms with Crippen molar-refractivity contribution in [3.05, 3.63) is 0 Å². The lowest BCUT2D eigenvalue weighted by molar-refractivity contribution is -0.213. The molecule has 0 aromatic heterocycles. The Hall–Kier alpha value is -0.650. The second-order valence-corrected chi connectivity index (χ2v) is 7.25. The van der Waals surface area contributed by atoms with E-state index in [-0.39, 0.29) is 24.4 Å². The maximum atomic E-state index is 12.2. The molecule has 0 amide bonds. The van der Waals surface area contributed by atoms with Crippen LogP contribution in [0.4, 0.5) is 0 Å². The van der Waals surface area contributed by atoms with Crippen molar-refractivity contribution in [2.45, 2.75) is 51.4 Å². The van der Waals surface area contributed by atoms with Crippen LogP contribution in [0, 0.1) is 29.1 Å². The van der Waals surface area contributed by atoms with Crippen LogP contribution in [0.25, 0.3) is 0 Å². The van der Waals surface area contributed by atoms with Crippen LogP contribution in [0.5, 0.6) is 0 Å². The molecule has 0 aromatic rings. The summed E-state index contributed by atoms with van der Waals surface area (Å²) >= 11 is 0. The van der Waals surface area contributed by atoms with E-state index in [0.29, 0.717) is 0 Å². The van der Waals surface area contributed by atoms with Crippen molar-refractivity contribution in [2.24, 2.45) is 29.1 Å². The fourth-order valence-electron chi connectivity index (χ4n) is 5.06. The van der Waals surface area contributed by atoms with E-state index in [1.54, 1.807) is 0 Å². The van der Waals surface area contributed by atoms with E-state index in [2.05, 4.69) is 0 Å². The molecule has 1 saturated heterocycles. The van der Waals surface area contributed by atoms with Crippen LogP contribution in [0.15, 0.2) is 0 Å². The van der Waals surface area contributed by atoms with Gasteiger partial charge in [-0.25, -0.2) is 0 Å². The Labute approximate surface area is 118 Å². The number of esters is 1. The van der Waals surface area contributed by atoms with Gasteiger partial charge >= 0.3 is 5.97 Å². The summed E-state index contributed by atoms with van der Waals surface area (Å²) < 4.78 is 5.35. The third-order valence-corrected chi connectivity index (χ3v) is 6.43. The summed E-state index contributed by atoms with van der Waals surface area (Å²) in [6.45, 7) is 5.64. The predicted molar refractivity (Wildman–Crippen MR) is 70.6 cm³/mol. The van der Waals surface area contributed by atoms with Gasteiger partial charge in [0.25, 0.3) is 0 Å². The lowest BCUT2D eigenvalue weighted by Crippen LogP contribution is -2.66. The number of ether oxygens (including phenoxy) is 1. The van der Waals surface area contributed by atoms with Gasteiger partial charge in [-0.1, -0.05) is 20.8 Å². The average Bonchev–Trinajstić information content (AvgIpc) is 2.82. The first kappa shape index (κ1) is 14.3. The van der Waals surface area contributed by atoms with Crippen molar-refractivity contribution in [2.75, 3.05) is 6.61 Å². The molecular weight excluding hydrogens is 260 g/mol. The van der Waals surface area contributed by atoms with Crippen molar-refractivity contribution in [3.63, 3.8) is 0 Å². The second-order valence-electron chi connectivity index (χ2n) is 7.25. The summed E-state index contributed by atoms with van der Waals surface area (Å²) in [5.74, 6) is -1.32. The zero-order valence-electron chi connectivity index (χ0n) is 12.2. The van der Waals surface area contributed by atoms with Crippen molar-refractivity contribution >= 4 is 5.97 Å². The lowest BCUT2D eigenvalue weighted by Gasteiger charge is -2.53. The first-order chi connectivity index (χ1) is 9.29. The highest BCUT2D eigenvalue weighted by Gasteiger charge is 2.74. The molecule has 2 bridgehead atoms. The summed E-state index contributed by atoms with van der Waals surface area (Å²) in [5, 5.41) is 31.4. The van der Waals surface area contributed by atoms with E-state index in [4.69, 9.17) is 4.74 Å². The van der Waals surface area contributed by atoms with Crippen LogP contribution in [0.1, 0.15) is 33.6 Å². The van der Waals surface area contributed by atoms with Gasteiger partial charge in [-0.05, 0) is 30.6 Å². The highest BCUT2D eigenvalue weighted by atomic mass is 16.6. The zero-order chi connectivity index (χ0) is 14.9. The van der Waals surface area contributed by atoms with Crippen LogP contribution in [-0.4, -0.2) is 45.7 Å². The molecule has 3 aliphatic rings. The molecule has 7 atom stereocenters. The number of hydrogen-bond acceptors (Lipinski definition) is 5. The van der Waals surface area contributed by atoms with Gasteiger partial charge in [0, 0.05) is 12.0 Å². The van der Waals surface area contributed by atoms with E-state index in [1.165, 1.54) is 0 Å². The van der Waals surface area contributed by atoms with Crippen molar-refractivity contribution in [1.82, 2.24) is 0 Å². The third-order valence-electron chi connectivity index (χ3n) is 6.43. The van der Waals surface area contributed by atoms with Crippen LogP contribution in [0.3, 0.4) is 0 Å². The van der Waals surface area contributed by atoms with Crippen LogP contribution in [0.2, 0.25) is 0 Å². The predicted octanol–water partition coefficient (Wildman–Crippen LogP) is 0.314. The first-order valence-electron chi connectivity index (χ1n) is 7.51. The molecule has 1 aliphatic heterocycles. The molecule has 5 nitrogen and oxygen atoms in total. The lowest BCUT2D eigenvalue weighted by atomic mass is 9.53. The summed E-state index contributed by atoms with van der Waals surface area (Å²) in [5.41, 5.74) is -1.86. The Kier molecular flexibility index (Phi) is 2.99. The number of carbonyl (C=O) groups excluding carboxylic acids is 1. The monoisotopic (exact) mass is 284 g/mol. The molecule has 20 heavy (non-hydrogen) atoms. The van der Waals surface area contributed by atoms with Gasteiger partial charge in [0.05, 0.1) is 12.0 Å². The summed E-state index contributed by atoms with van der Waals surface area (Å²) in [6.07, 6.45) is -0.296. The highest BCUT2D eigenvalue weighted by molar-refractivity contribution is 5.78. The molecule has 0 unspecified atom stereocenters. The molecule has 3 N–H and O–H groups in total. The first-order valence-corrected chi connectivity index (χ1v) is 7.51. The topological polar surface area (TPSA) is 87.0 Å². The number of hydrogen-bond donors (Lipinski definition) is 3. The quantitative estimate of drug-likeness (QED) is 0.636. The Morgan fingerprint density at radius 2 is 2.05 bits per heavy atom. The molecule has 0 radical (unpaired) electrons. The van der Waals surface area contributed by atoms with Crippen molar-refractivity contribution in [1.29, 1.82) is 0 Å². The third kappa shape index (κ3) is 1.36. The Balaban J connectivity index is 2.11. The van der Waals surface area contributed by atoms with E-state index in [1.807, 2.05) is 20.8 Å². The Morgan fingerprint density at radius 3 is 2.60 bits per heavy atom. The maximum absolute atomic E-state index is 12.2. The number of carbonyl (C=O) groups is 1. The fraction of sp³-hybridized carbons (Fsp3) is 0.933. The SMILES string of the molecule is CC(C)[C@@]1(O)[C@@H]2C(=O)O[C@H]1[C@@H](O)[C@@]1(C)[C@H](CO)CC[C@@H]21. The van der Waals surface area contributed by atoms with Crippen molar-refractivity contribution < 1.29 is 24.9 Å². The fourth-order valence-corrected chi connectivity index (χ4v) is 5.06. The van der Waals surface area contributed by atoms with E-state index in [0.717, 1.165) is 12.8 Å². The molecule has 114 valence electrons. The molecular formula is C15H24O5. The van der Waals surface area contributed by atoms with E-state index < -0.39 is 35.1 Å². The second kappa shape index (κ2) is 4.18. The minimum Gasteiger partial charge on any atom is -0.456 e. The van der Waals surface area contributed by atoms with Gasteiger partial charge in [0.2, 0.25) is 0 Å². The van der Waals surface area contributed by atoms with Gasteiger partial charge in [0.15, 0.2) is 6.10 Å². The van der Waals surface area contributed by atoms with Gasteiger partial charge in [-0.2, -0.15) is 0 Å². The highest BCUT2D eigenvalue weighted by Crippen LogP contribution is 2.64. The molecule has 0 spiro atoms. The minimum absolute atomic E-state index is 0.00218. The van der Waals surface area contributed by atoms with E-state index in [9.17, 15) is 20.1 Å². The van der Waals surface area contributed by atoms with Crippen LogP contribution in [-0.2, 0) is 9.53 Å². The largest absolute Gasteiger partial charge is 0.456 e.